The molecule has 3 aromatic rings. The summed E-state index contributed by atoms with van der Waals surface area (Å²) >= 11 is 0. The zero-order valence-electron chi connectivity index (χ0n) is 20.1. The van der Waals surface area contributed by atoms with E-state index in [2.05, 4.69) is 26.5 Å². The van der Waals surface area contributed by atoms with Crippen molar-refractivity contribution in [2.75, 3.05) is 11.9 Å². The first-order valence-electron chi connectivity index (χ1n) is 12.2. The number of hydrogen-bond acceptors (Lipinski definition) is 5. The number of aromatic nitrogens is 2. The van der Waals surface area contributed by atoms with Crippen LogP contribution < -0.4 is 15.4 Å². The van der Waals surface area contributed by atoms with Crippen molar-refractivity contribution < 1.29 is 18.0 Å². The van der Waals surface area contributed by atoms with Gasteiger partial charge in [0.05, 0.1) is 16.7 Å². The monoisotopic (exact) mass is 507 g/mol. The van der Waals surface area contributed by atoms with Gasteiger partial charge in [0.25, 0.3) is 15.9 Å². The van der Waals surface area contributed by atoms with E-state index >= 15 is 0 Å². The highest BCUT2D eigenvalue weighted by molar-refractivity contribution is 7.90. The Bertz CT molecular complexity index is 1400. The fourth-order valence-electron chi connectivity index (χ4n) is 5.08. The van der Waals surface area contributed by atoms with Crippen LogP contribution in [-0.2, 0) is 49.2 Å². The maximum atomic E-state index is 12.8. The molecule has 0 spiro atoms. The number of nitrogens with one attached hydrogen (secondary N) is 3. The Morgan fingerprint density at radius 2 is 1.67 bits per heavy atom. The van der Waals surface area contributed by atoms with E-state index in [1.165, 1.54) is 29.5 Å². The SMILES string of the molecule is Cn1cc(C(=O)NCCc2ccc(S(=O)(=O)NC(=O)Nc3c4c(cc5c3CCC5)CCC4)cc2)cn1. The molecule has 10 heteroatoms. The Morgan fingerprint density at radius 3 is 2.28 bits per heavy atom. The molecule has 2 aliphatic rings. The lowest BCUT2D eigenvalue weighted by molar-refractivity contribution is 0.0954. The molecule has 2 aromatic carbocycles. The van der Waals surface area contributed by atoms with Crippen LogP contribution in [-0.4, -0.2) is 36.7 Å². The first kappa shape index (κ1) is 24.1. The largest absolute Gasteiger partial charge is 0.352 e. The van der Waals surface area contributed by atoms with Gasteiger partial charge in [0.2, 0.25) is 0 Å². The number of carbonyl (C=O) groups is 2. The third-order valence-corrected chi connectivity index (χ3v) is 8.19. The maximum Gasteiger partial charge on any atom is 0.333 e. The summed E-state index contributed by atoms with van der Waals surface area (Å²) in [6, 6.07) is 7.80. The predicted octanol–water partition coefficient (Wildman–Crippen LogP) is 2.88. The van der Waals surface area contributed by atoms with Crippen molar-refractivity contribution in [2.45, 2.75) is 49.8 Å². The van der Waals surface area contributed by atoms with E-state index in [1.807, 2.05) is 0 Å². The third-order valence-electron chi connectivity index (χ3n) is 6.84. The van der Waals surface area contributed by atoms with Crippen LogP contribution >= 0.6 is 0 Å². The van der Waals surface area contributed by atoms with Crippen molar-refractivity contribution in [3.05, 3.63) is 76.1 Å². The summed E-state index contributed by atoms with van der Waals surface area (Å²) in [5, 5.41) is 9.65. The second-order valence-corrected chi connectivity index (χ2v) is 11.0. The van der Waals surface area contributed by atoms with Crippen molar-refractivity contribution in [3.8, 4) is 0 Å². The minimum absolute atomic E-state index is 0.00400. The van der Waals surface area contributed by atoms with Crippen LogP contribution in [0.5, 0.6) is 0 Å². The number of benzene rings is 2. The molecule has 5 rings (SSSR count). The fraction of sp³-hybridized carbons (Fsp3) is 0.346. The molecule has 2 aliphatic carbocycles. The maximum absolute atomic E-state index is 12.8. The molecule has 3 amide bonds. The van der Waals surface area contributed by atoms with Gasteiger partial charge in [-0.2, -0.15) is 5.10 Å². The van der Waals surface area contributed by atoms with E-state index in [4.69, 9.17) is 0 Å². The van der Waals surface area contributed by atoms with E-state index in [0.29, 0.717) is 18.5 Å². The number of urea groups is 1. The van der Waals surface area contributed by atoms with Crippen LogP contribution in [0.25, 0.3) is 0 Å². The number of carbonyl (C=O) groups excluding carboxylic acids is 2. The summed E-state index contributed by atoms with van der Waals surface area (Å²) in [5.41, 5.74) is 6.95. The molecule has 0 unspecified atom stereocenters. The van der Waals surface area contributed by atoms with Gasteiger partial charge < -0.3 is 10.6 Å². The molecule has 36 heavy (non-hydrogen) atoms. The quantitative estimate of drug-likeness (QED) is 0.454. The van der Waals surface area contributed by atoms with Gasteiger partial charge in [0.15, 0.2) is 0 Å². The first-order valence-corrected chi connectivity index (χ1v) is 13.6. The van der Waals surface area contributed by atoms with Crippen LogP contribution in [0.15, 0.2) is 47.6 Å². The van der Waals surface area contributed by atoms with E-state index in [-0.39, 0.29) is 10.8 Å². The number of anilines is 1. The van der Waals surface area contributed by atoms with E-state index < -0.39 is 16.1 Å². The highest BCUT2D eigenvalue weighted by Crippen LogP contribution is 2.38. The molecular weight excluding hydrogens is 478 g/mol. The van der Waals surface area contributed by atoms with Crippen molar-refractivity contribution in [3.63, 3.8) is 0 Å². The number of hydrogen-bond donors (Lipinski definition) is 3. The molecule has 188 valence electrons. The number of nitrogens with zero attached hydrogens (tertiary/aromatic N) is 2. The summed E-state index contributed by atoms with van der Waals surface area (Å²) in [6.07, 6.45) is 9.55. The standard InChI is InChI=1S/C26H29N5O4S/c1-31-16-20(15-28-31)25(32)27-13-12-17-8-10-21(11-9-17)36(34,35)30-26(33)29-24-22-6-2-4-18(22)14-19-5-3-7-23(19)24/h8-11,14-16H,2-7,12-13H2,1H3,(H,27,32)(H2,29,30,33). The number of sulfonamides is 1. The zero-order valence-corrected chi connectivity index (χ0v) is 21.0. The fourth-order valence-corrected chi connectivity index (χ4v) is 5.99. The predicted molar refractivity (Wildman–Crippen MR) is 136 cm³/mol. The number of aryl methyl sites for hydroxylation is 3. The van der Waals surface area contributed by atoms with Gasteiger partial charge in [-0.15, -0.1) is 0 Å². The molecule has 0 saturated carbocycles. The minimum Gasteiger partial charge on any atom is -0.352 e. The molecule has 0 radical (unpaired) electrons. The lowest BCUT2D eigenvalue weighted by Gasteiger charge is -2.16. The average molecular weight is 508 g/mol. The first-order chi connectivity index (χ1) is 17.3. The summed E-state index contributed by atoms with van der Waals surface area (Å²) < 4.78 is 29.4. The smallest absolute Gasteiger partial charge is 0.333 e. The third kappa shape index (κ3) is 4.99. The normalized spacial score (nSPS) is 14.2. The van der Waals surface area contributed by atoms with Gasteiger partial charge in [-0.25, -0.2) is 17.9 Å². The van der Waals surface area contributed by atoms with Crippen molar-refractivity contribution in [1.82, 2.24) is 19.8 Å². The van der Waals surface area contributed by atoms with E-state index in [1.54, 1.807) is 30.1 Å². The minimum atomic E-state index is -4.03. The zero-order chi connectivity index (χ0) is 25.3. The van der Waals surface area contributed by atoms with Crippen molar-refractivity contribution >= 4 is 27.6 Å². The Balaban J connectivity index is 1.19. The van der Waals surface area contributed by atoms with Crippen molar-refractivity contribution in [1.29, 1.82) is 0 Å². The molecule has 1 aromatic heterocycles. The highest BCUT2D eigenvalue weighted by Gasteiger charge is 2.26. The van der Waals surface area contributed by atoms with Crippen LogP contribution in [0.4, 0.5) is 10.5 Å². The Morgan fingerprint density at radius 1 is 1.00 bits per heavy atom. The van der Waals surface area contributed by atoms with Crippen LogP contribution in [0.3, 0.4) is 0 Å². The Labute approximate surface area is 210 Å². The topological polar surface area (TPSA) is 122 Å². The molecule has 0 aliphatic heterocycles. The molecule has 1 heterocycles. The molecule has 3 N–H and O–H groups in total. The summed E-state index contributed by atoms with van der Waals surface area (Å²) in [5.74, 6) is -0.216. The van der Waals surface area contributed by atoms with Gasteiger partial charge in [-0.05, 0) is 84.9 Å². The van der Waals surface area contributed by atoms with Gasteiger partial charge in [-0.3, -0.25) is 9.48 Å². The number of amides is 3. The molecule has 0 atom stereocenters. The molecule has 0 saturated heterocycles. The highest BCUT2D eigenvalue weighted by atomic mass is 32.2. The van der Waals surface area contributed by atoms with Gasteiger partial charge in [0, 0.05) is 25.5 Å². The lowest BCUT2D eigenvalue weighted by atomic mass is 9.99. The molecular formula is C26H29N5O4S. The lowest BCUT2D eigenvalue weighted by Crippen LogP contribution is -2.35. The second kappa shape index (κ2) is 9.77. The van der Waals surface area contributed by atoms with Crippen LogP contribution in [0.2, 0.25) is 0 Å². The molecule has 0 bridgehead atoms. The van der Waals surface area contributed by atoms with E-state index in [0.717, 1.165) is 60.9 Å². The Kier molecular flexibility index (Phi) is 6.53. The Hall–Kier alpha value is -3.66. The summed E-state index contributed by atoms with van der Waals surface area (Å²) in [6.45, 7) is 0.395. The summed E-state index contributed by atoms with van der Waals surface area (Å²) in [4.78, 5) is 24.9. The van der Waals surface area contributed by atoms with Crippen molar-refractivity contribution in [2.24, 2.45) is 7.05 Å². The molecule has 9 nitrogen and oxygen atoms in total. The molecule has 0 fully saturated rings. The van der Waals surface area contributed by atoms with Gasteiger partial charge in [0.1, 0.15) is 0 Å². The van der Waals surface area contributed by atoms with Gasteiger partial charge >= 0.3 is 6.03 Å². The summed E-state index contributed by atoms with van der Waals surface area (Å²) in [7, 11) is -2.29. The average Bonchev–Trinajstić information content (AvgIpc) is 3.59. The van der Waals surface area contributed by atoms with Gasteiger partial charge in [-0.1, -0.05) is 18.2 Å². The van der Waals surface area contributed by atoms with Crippen LogP contribution in [0, 0.1) is 0 Å². The number of rotatable bonds is 7. The van der Waals surface area contributed by atoms with Crippen LogP contribution in [0.1, 0.15) is 51.0 Å². The van der Waals surface area contributed by atoms with E-state index in [9.17, 15) is 18.0 Å². The number of fused-ring (bicyclic) bond motifs is 2. The second-order valence-electron chi connectivity index (χ2n) is 9.35.